The van der Waals surface area contributed by atoms with Crippen molar-refractivity contribution >= 4 is 33.4 Å². The summed E-state index contributed by atoms with van der Waals surface area (Å²) < 4.78 is 36.4. The van der Waals surface area contributed by atoms with Gasteiger partial charge < -0.3 is 14.8 Å². The van der Waals surface area contributed by atoms with E-state index in [-0.39, 0.29) is 23.8 Å². The van der Waals surface area contributed by atoms with Crippen LogP contribution in [0.2, 0.25) is 0 Å². The zero-order chi connectivity index (χ0) is 22.5. The average molecular weight is 453 g/mol. The van der Waals surface area contributed by atoms with Crippen LogP contribution in [0.4, 0.5) is 5.69 Å². The molecule has 30 heavy (non-hydrogen) atoms. The molecule has 0 bridgehead atoms. The number of amides is 1. The Hall–Kier alpha value is -2.39. The van der Waals surface area contributed by atoms with Crippen molar-refractivity contribution in [1.29, 1.82) is 0 Å². The number of hydrogen-bond donors (Lipinski definition) is 1. The number of hydrogen-bond acceptors (Lipinski definition) is 6. The number of nitrogens with zero attached hydrogens (tertiary/aromatic N) is 1. The molecule has 164 valence electrons. The molecule has 0 unspecified atom stereocenters. The van der Waals surface area contributed by atoms with Gasteiger partial charge in [0.25, 0.3) is 5.91 Å². The lowest BCUT2D eigenvalue weighted by atomic mass is 10.1. The molecule has 9 heteroatoms. The molecule has 0 aliphatic rings. The van der Waals surface area contributed by atoms with E-state index in [1.165, 1.54) is 30.7 Å². The molecule has 0 spiro atoms. The zero-order valence-corrected chi connectivity index (χ0v) is 19.7. The van der Waals surface area contributed by atoms with Crippen LogP contribution in [-0.4, -0.2) is 47.6 Å². The lowest BCUT2D eigenvalue weighted by molar-refractivity contribution is 0.0940. The Morgan fingerprint density at radius 2 is 1.70 bits per heavy atom. The molecule has 0 aromatic heterocycles. The van der Waals surface area contributed by atoms with Crippen molar-refractivity contribution in [3.63, 3.8) is 0 Å². The summed E-state index contributed by atoms with van der Waals surface area (Å²) in [6.45, 7) is 3.75. The van der Waals surface area contributed by atoms with Crippen LogP contribution in [0, 0.1) is 0 Å². The van der Waals surface area contributed by atoms with Crippen LogP contribution in [0.1, 0.15) is 35.8 Å². The van der Waals surface area contributed by atoms with Crippen LogP contribution in [0.5, 0.6) is 11.5 Å². The Labute approximate surface area is 182 Å². The molecule has 2 aromatic rings. The van der Waals surface area contributed by atoms with Crippen molar-refractivity contribution in [3.8, 4) is 11.5 Å². The first-order valence-corrected chi connectivity index (χ1v) is 12.4. The first kappa shape index (κ1) is 23.9. The van der Waals surface area contributed by atoms with Gasteiger partial charge in [-0.1, -0.05) is 12.1 Å². The van der Waals surface area contributed by atoms with Gasteiger partial charge >= 0.3 is 0 Å². The molecule has 0 aliphatic carbocycles. The molecule has 0 saturated carbocycles. The molecule has 2 rings (SSSR count). The lowest BCUT2D eigenvalue weighted by Gasteiger charge is -2.25. The average Bonchev–Trinajstić information content (AvgIpc) is 2.72. The smallest absolute Gasteiger partial charge is 0.254 e. The third-order valence-electron chi connectivity index (χ3n) is 4.67. The van der Waals surface area contributed by atoms with Crippen molar-refractivity contribution in [2.24, 2.45) is 0 Å². The van der Waals surface area contributed by atoms with E-state index in [4.69, 9.17) is 9.47 Å². The molecule has 1 atom stereocenters. The van der Waals surface area contributed by atoms with Crippen LogP contribution >= 0.6 is 11.8 Å². The predicted octanol–water partition coefficient (Wildman–Crippen LogP) is 3.70. The summed E-state index contributed by atoms with van der Waals surface area (Å²) in [7, 11) is -0.684. The van der Waals surface area contributed by atoms with Gasteiger partial charge in [0, 0.05) is 17.5 Å². The maximum atomic E-state index is 13.2. The Bertz CT molecular complexity index is 991. The Morgan fingerprint density at radius 3 is 2.17 bits per heavy atom. The highest BCUT2D eigenvalue weighted by Crippen LogP contribution is 2.36. The van der Waals surface area contributed by atoms with Gasteiger partial charge in [-0.25, -0.2) is 8.42 Å². The monoisotopic (exact) mass is 452 g/mol. The molecule has 0 heterocycles. The summed E-state index contributed by atoms with van der Waals surface area (Å²) in [4.78, 5) is 14.3. The van der Waals surface area contributed by atoms with Crippen molar-refractivity contribution in [2.75, 3.05) is 37.6 Å². The number of thioether (sulfide) groups is 1. The number of rotatable bonds is 9. The Balaban J connectivity index is 2.47. The Morgan fingerprint density at radius 1 is 1.13 bits per heavy atom. The normalized spacial score (nSPS) is 12.2. The fraction of sp³-hybridized carbons (Fsp3) is 0.381. The molecular weight excluding hydrogens is 424 g/mol. The molecular formula is C21H28N2O5S2. The number of sulfonamides is 1. The summed E-state index contributed by atoms with van der Waals surface area (Å²) in [5, 5.41) is 2.95. The standard InChI is InChI=1S/C21H28N2O5S2/c1-7-23(30(6,25)26)18-13-20(28-4)19(27-3)12-17(18)21(24)22-14(2)15-8-10-16(29-5)11-9-15/h8-14H,7H2,1-6H3,(H,22,24)/t14-/m1/s1. The minimum absolute atomic E-state index is 0.167. The number of carbonyl (C=O) groups is 1. The number of ether oxygens (including phenoxy) is 2. The maximum absolute atomic E-state index is 13.2. The Kier molecular flexibility index (Phi) is 8.03. The second-order valence-electron chi connectivity index (χ2n) is 6.62. The first-order chi connectivity index (χ1) is 14.2. The molecule has 0 fully saturated rings. The predicted molar refractivity (Wildman–Crippen MR) is 122 cm³/mol. The number of benzene rings is 2. The summed E-state index contributed by atoms with van der Waals surface area (Å²) in [6.07, 6.45) is 3.10. The number of carbonyl (C=O) groups excluding carboxylic acids is 1. The number of nitrogens with one attached hydrogen (secondary N) is 1. The SMILES string of the molecule is CCN(c1cc(OC)c(OC)cc1C(=O)N[C@H](C)c1ccc(SC)cc1)S(C)(=O)=O. The van der Waals surface area contributed by atoms with E-state index in [1.807, 2.05) is 37.4 Å². The second kappa shape index (κ2) is 10.1. The summed E-state index contributed by atoms with van der Waals surface area (Å²) >= 11 is 1.64. The highest BCUT2D eigenvalue weighted by Gasteiger charge is 2.26. The van der Waals surface area contributed by atoms with Crippen LogP contribution in [-0.2, 0) is 10.0 Å². The van der Waals surface area contributed by atoms with Gasteiger partial charge in [-0.3, -0.25) is 9.10 Å². The number of anilines is 1. The van der Waals surface area contributed by atoms with Crippen LogP contribution < -0.4 is 19.1 Å². The van der Waals surface area contributed by atoms with Gasteiger partial charge in [0.15, 0.2) is 11.5 Å². The topological polar surface area (TPSA) is 84.9 Å². The van der Waals surface area contributed by atoms with Crippen molar-refractivity contribution in [1.82, 2.24) is 5.32 Å². The maximum Gasteiger partial charge on any atom is 0.254 e. The summed E-state index contributed by atoms with van der Waals surface area (Å²) in [5.41, 5.74) is 1.37. The van der Waals surface area contributed by atoms with Gasteiger partial charge in [0.2, 0.25) is 10.0 Å². The summed E-state index contributed by atoms with van der Waals surface area (Å²) in [5.74, 6) is 0.272. The van der Waals surface area contributed by atoms with Gasteiger partial charge in [-0.05, 0) is 43.9 Å². The first-order valence-electron chi connectivity index (χ1n) is 9.34. The minimum atomic E-state index is -3.60. The molecule has 2 aromatic carbocycles. The van der Waals surface area contributed by atoms with Gasteiger partial charge in [-0.15, -0.1) is 11.8 Å². The van der Waals surface area contributed by atoms with Crippen LogP contribution in [0.3, 0.4) is 0 Å². The fourth-order valence-electron chi connectivity index (χ4n) is 3.09. The van der Waals surface area contributed by atoms with Crippen molar-refractivity contribution < 1.29 is 22.7 Å². The van der Waals surface area contributed by atoms with E-state index in [2.05, 4.69) is 5.32 Å². The lowest BCUT2D eigenvalue weighted by Crippen LogP contribution is -2.33. The van der Waals surface area contributed by atoms with E-state index in [0.29, 0.717) is 11.5 Å². The van der Waals surface area contributed by atoms with E-state index >= 15 is 0 Å². The largest absolute Gasteiger partial charge is 0.493 e. The van der Waals surface area contributed by atoms with Gasteiger partial charge in [0.1, 0.15) is 0 Å². The van der Waals surface area contributed by atoms with Gasteiger partial charge in [-0.2, -0.15) is 0 Å². The molecule has 0 aliphatic heterocycles. The van der Waals surface area contributed by atoms with Crippen molar-refractivity contribution in [3.05, 3.63) is 47.5 Å². The van der Waals surface area contributed by atoms with Crippen LogP contribution in [0.15, 0.2) is 41.3 Å². The van der Waals surface area contributed by atoms with Crippen LogP contribution in [0.25, 0.3) is 0 Å². The third-order valence-corrected chi connectivity index (χ3v) is 6.67. The third kappa shape index (κ3) is 5.40. The molecule has 0 radical (unpaired) electrons. The van der Waals surface area contributed by atoms with E-state index in [1.54, 1.807) is 18.7 Å². The van der Waals surface area contributed by atoms with E-state index in [9.17, 15) is 13.2 Å². The quantitative estimate of drug-likeness (QED) is 0.584. The molecule has 1 N–H and O–H groups in total. The second-order valence-corrected chi connectivity index (χ2v) is 9.41. The van der Waals surface area contributed by atoms with E-state index in [0.717, 1.165) is 16.7 Å². The molecule has 7 nitrogen and oxygen atoms in total. The van der Waals surface area contributed by atoms with Gasteiger partial charge in [0.05, 0.1) is 37.8 Å². The fourth-order valence-corrected chi connectivity index (χ4v) is 4.48. The molecule has 0 saturated heterocycles. The van der Waals surface area contributed by atoms with E-state index < -0.39 is 15.9 Å². The van der Waals surface area contributed by atoms with Crippen molar-refractivity contribution in [2.45, 2.75) is 24.8 Å². The molecule has 1 amide bonds. The summed E-state index contributed by atoms with van der Waals surface area (Å²) in [6, 6.07) is 10.6. The zero-order valence-electron chi connectivity index (χ0n) is 18.1. The highest BCUT2D eigenvalue weighted by molar-refractivity contribution is 7.98. The minimum Gasteiger partial charge on any atom is -0.493 e. The highest BCUT2D eigenvalue weighted by atomic mass is 32.2. The number of methoxy groups -OCH3 is 2.